The van der Waals surface area contributed by atoms with Crippen LogP contribution in [-0.2, 0) is 4.79 Å². The van der Waals surface area contributed by atoms with Gasteiger partial charge >= 0.3 is 0 Å². The molecule has 1 N–H and O–H groups in total. The van der Waals surface area contributed by atoms with Crippen LogP contribution in [0.4, 0.5) is 5.13 Å². The number of carbonyl (C=O) groups excluding carboxylic acids is 1. The summed E-state index contributed by atoms with van der Waals surface area (Å²) < 4.78 is 2.02. The summed E-state index contributed by atoms with van der Waals surface area (Å²) in [5, 5.41) is 22.3. The van der Waals surface area contributed by atoms with Gasteiger partial charge in [-0.1, -0.05) is 35.2 Å². The molecule has 3 aromatic heterocycles. The number of carbonyl (C=O) groups is 1. The van der Waals surface area contributed by atoms with Crippen molar-refractivity contribution in [1.82, 2.24) is 24.8 Å². The number of aromatic nitrogens is 5. The lowest BCUT2D eigenvalue weighted by atomic mass is 10.1. The lowest BCUT2D eigenvalue weighted by Gasteiger charge is -2.07. The largest absolute Gasteiger partial charge is 0.300 e. The molecule has 26 heavy (non-hydrogen) atoms. The average molecular weight is 384 g/mol. The van der Waals surface area contributed by atoms with Crippen LogP contribution in [0.5, 0.6) is 0 Å². The van der Waals surface area contributed by atoms with Crippen LogP contribution >= 0.6 is 23.1 Å². The minimum atomic E-state index is -0.143. The first-order chi connectivity index (χ1) is 12.5. The Labute approximate surface area is 157 Å². The molecule has 4 aromatic rings. The van der Waals surface area contributed by atoms with Crippen molar-refractivity contribution < 1.29 is 4.79 Å². The number of nitrogens with zero attached hydrogens (tertiary/aromatic N) is 5. The number of aryl methyl sites for hydroxylation is 3. The lowest BCUT2D eigenvalue weighted by molar-refractivity contribution is -0.113. The minimum absolute atomic E-state index is 0.143. The van der Waals surface area contributed by atoms with Crippen molar-refractivity contribution in [2.75, 3.05) is 11.1 Å². The van der Waals surface area contributed by atoms with E-state index in [2.05, 4.69) is 56.9 Å². The summed E-state index contributed by atoms with van der Waals surface area (Å²) in [6.07, 6.45) is 0. The third kappa shape index (κ3) is 3.15. The number of thioether (sulfide) groups is 1. The van der Waals surface area contributed by atoms with Crippen LogP contribution in [0.2, 0.25) is 0 Å². The average Bonchev–Trinajstić information content (AvgIpc) is 3.20. The summed E-state index contributed by atoms with van der Waals surface area (Å²) in [4.78, 5) is 12.2. The van der Waals surface area contributed by atoms with E-state index in [0.717, 1.165) is 32.7 Å². The Morgan fingerprint density at radius 3 is 2.77 bits per heavy atom. The van der Waals surface area contributed by atoms with Crippen LogP contribution in [0.3, 0.4) is 0 Å². The van der Waals surface area contributed by atoms with Crippen molar-refractivity contribution in [3.63, 3.8) is 0 Å². The highest BCUT2D eigenvalue weighted by atomic mass is 32.2. The third-order valence-corrected chi connectivity index (χ3v) is 5.57. The minimum Gasteiger partial charge on any atom is -0.300 e. The number of amides is 1. The van der Waals surface area contributed by atoms with Crippen LogP contribution in [-0.4, -0.2) is 36.5 Å². The number of pyridine rings is 1. The van der Waals surface area contributed by atoms with Gasteiger partial charge in [-0.3, -0.25) is 14.5 Å². The van der Waals surface area contributed by atoms with E-state index in [0.29, 0.717) is 10.3 Å². The predicted octanol–water partition coefficient (Wildman–Crippen LogP) is 3.39. The molecule has 7 nitrogen and oxygen atoms in total. The zero-order valence-electron chi connectivity index (χ0n) is 14.5. The molecule has 4 rings (SSSR count). The second-order valence-corrected chi connectivity index (χ2v) is 8.12. The van der Waals surface area contributed by atoms with Crippen molar-refractivity contribution in [3.8, 4) is 0 Å². The van der Waals surface area contributed by atoms with Gasteiger partial charge in [-0.05, 0) is 49.4 Å². The summed E-state index contributed by atoms with van der Waals surface area (Å²) in [5.74, 6) is 0.0803. The molecule has 0 atom stereocenters. The molecular weight excluding hydrogens is 368 g/mol. The van der Waals surface area contributed by atoms with Crippen LogP contribution in [0, 0.1) is 20.8 Å². The van der Waals surface area contributed by atoms with Crippen LogP contribution < -0.4 is 5.32 Å². The van der Waals surface area contributed by atoms with Gasteiger partial charge in [0.2, 0.25) is 11.0 Å². The van der Waals surface area contributed by atoms with Gasteiger partial charge < -0.3 is 0 Å². The molecule has 9 heteroatoms. The summed E-state index contributed by atoms with van der Waals surface area (Å²) in [7, 11) is 0. The molecule has 0 saturated carbocycles. The maximum atomic E-state index is 12.2. The van der Waals surface area contributed by atoms with Gasteiger partial charge in [0.15, 0.2) is 10.8 Å². The lowest BCUT2D eigenvalue weighted by Crippen LogP contribution is -2.14. The highest BCUT2D eigenvalue weighted by Crippen LogP contribution is 2.26. The van der Waals surface area contributed by atoms with Crippen molar-refractivity contribution in [3.05, 3.63) is 40.4 Å². The second-order valence-electron chi connectivity index (χ2n) is 5.99. The Bertz CT molecular complexity index is 1130. The Morgan fingerprint density at radius 1 is 1.15 bits per heavy atom. The molecule has 0 aliphatic carbocycles. The molecule has 1 amide bonds. The monoisotopic (exact) mass is 384 g/mol. The molecule has 0 bridgehead atoms. The number of hydrogen-bond acceptors (Lipinski definition) is 7. The quantitative estimate of drug-likeness (QED) is 0.543. The number of fused-ring (bicyclic) bond motifs is 3. The van der Waals surface area contributed by atoms with Gasteiger partial charge in [0.1, 0.15) is 5.01 Å². The van der Waals surface area contributed by atoms with E-state index in [-0.39, 0.29) is 11.7 Å². The predicted molar refractivity (Wildman–Crippen MR) is 104 cm³/mol. The molecule has 1 aromatic carbocycles. The highest BCUT2D eigenvalue weighted by Gasteiger charge is 2.14. The molecule has 132 valence electrons. The number of benzene rings is 1. The van der Waals surface area contributed by atoms with E-state index in [1.165, 1.54) is 23.1 Å². The van der Waals surface area contributed by atoms with Gasteiger partial charge in [-0.2, -0.15) is 0 Å². The topological polar surface area (TPSA) is 85.1 Å². The summed E-state index contributed by atoms with van der Waals surface area (Å²) in [5.41, 5.74) is 4.06. The van der Waals surface area contributed by atoms with Crippen molar-refractivity contribution in [1.29, 1.82) is 0 Å². The SMILES string of the molecule is Cc1ccc2cc(C)c3nnc(SCC(=O)Nc4nnc(C)s4)n3c2c1. The van der Waals surface area contributed by atoms with E-state index < -0.39 is 0 Å². The first kappa shape index (κ1) is 16.9. The summed E-state index contributed by atoms with van der Waals surface area (Å²) in [6, 6.07) is 8.40. The molecule has 0 radical (unpaired) electrons. The molecular formula is C17H16N6OS2. The standard InChI is InChI=1S/C17H16N6OS2/c1-9-4-5-12-7-10(2)15-20-22-17(23(15)13(12)6-9)25-8-14(24)18-16-21-19-11(3)26-16/h4-7H,8H2,1-3H3,(H,18,21,24). The van der Waals surface area contributed by atoms with Crippen molar-refractivity contribution in [2.45, 2.75) is 25.9 Å². The molecule has 0 aliphatic rings. The van der Waals surface area contributed by atoms with E-state index in [1.807, 2.05) is 18.2 Å². The fraction of sp³-hybridized carbons (Fsp3) is 0.235. The van der Waals surface area contributed by atoms with Crippen LogP contribution in [0.15, 0.2) is 29.4 Å². The highest BCUT2D eigenvalue weighted by molar-refractivity contribution is 7.99. The number of nitrogens with one attached hydrogen (secondary N) is 1. The number of rotatable bonds is 4. The van der Waals surface area contributed by atoms with Gasteiger partial charge in [0.05, 0.1) is 11.3 Å². The molecule has 0 aliphatic heterocycles. The summed E-state index contributed by atoms with van der Waals surface area (Å²) >= 11 is 2.70. The Morgan fingerprint density at radius 2 is 2.00 bits per heavy atom. The Balaban J connectivity index is 1.63. The zero-order chi connectivity index (χ0) is 18.3. The van der Waals surface area contributed by atoms with E-state index in [1.54, 1.807) is 0 Å². The fourth-order valence-electron chi connectivity index (χ4n) is 2.74. The Hall–Kier alpha value is -2.52. The van der Waals surface area contributed by atoms with Gasteiger partial charge in [-0.15, -0.1) is 20.4 Å². The van der Waals surface area contributed by atoms with Crippen molar-refractivity contribution in [2.24, 2.45) is 0 Å². The second kappa shape index (κ2) is 6.65. The van der Waals surface area contributed by atoms with Gasteiger partial charge in [0, 0.05) is 0 Å². The molecule has 3 heterocycles. The molecule has 0 unspecified atom stereocenters. The smallest absolute Gasteiger partial charge is 0.236 e. The van der Waals surface area contributed by atoms with Crippen LogP contribution in [0.1, 0.15) is 16.1 Å². The number of hydrogen-bond donors (Lipinski definition) is 1. The first-order valence-corrected chi connectivity index (χ1v) is 9.79. The van der Waals surface area contributed by atoms with Crippen molar-refractivity contribution >= 4 is 50.7 Å². The summed E-state index contributed by atoms with van der Waals surface area (Å²) in [6.45, 7) is 5.92. The van der Waals surface area contributed by atoms with E-state index in [9.17, 15) is 4.79 Å². The molecule has 0 saturated heterocycles. The van der Waals surface area contributed by atoms with E-state index in [4.69, 9.17) is 0 Å². The van der Waals surface area contributed by atoms with Crippen LogP contribution in [0.25, 0.3) is 16.6 Å². The normalized spacial score (nSPS) is 11.3. The fourth-order valence-corrected chi connectivity index (χ4v) is 4.09. The third-order valence-electron chi connectivity index (χ3n) is 3.89. The number of anilines is 1. The maximum Gasteiger partial charge on any atom is 0.236 e. The van der Waals surface area contributed by atoms with Gasteiger partial charge in [0.25, 0.3) is 0 Å². The molecule has 0 spiro atoms. The molecule has 0 fully saturated rings. The Kier molecular flexibility index (Phi) is 4.33. The first-order valence-electron chi connectivity index (χ1n) is 7.99. The van der Waals surface area contributed by atoms with Gasteiger partial charge in [-0.25, -0.2) is 0 Å². The van der Waals surface area contributed by atoms with E-state index >= 15 is 0 Å². The maximum absolute atomic E-state index is 12.2. The zero-order valence-corrected chi connectivity index (χ0v) is 16.1.